The second-order valence-corrected chi connectivity index (χ2v) is 11.7. The minimum absolute atomic E-state index is 0.0497. The van der Waals surface area contributed by atoms with Gasteiger partial charge in [0.05, 0.1) is 11.7 Å². The molecular formula is C21H22ClN7O5S3. The summed E-state index contributed by atoms with van der Waals surface area (Å²) in [6.07, 6.45) is 2.48. The van der Waals surface area contributed by atoms with Crippen LogP contribution in [0, 0.1) is 0 Å². The van der Waals surface area contributed by atoms with Gasteiger partial charge in [-0.15, -0.1) is 0 Å². The lowest BCUT2D eigenvalue weighted by atomic mass is 9.86. The molecule has 16 heteroatoms. The molecule has 0 spiro atoms. The van der Waals surface area contributed by atoms with E-state index >= 15 is 0 Å². The van der Waals surface area contributed by atoms with Crippen LogP contribution >= 0.6 is 46.5 Å². The number of allylic oxidation sites excluding steroid dienone is 1. The Labute approximate surface area is 228 Å². The molecule has 7 N–H and O–H groups in total. The van der Waals surface area contributed by atoms with Gasteiger partial charge in [0, 0.05) is 34.0 Å². The van der Waals surface area contributed by atoms with Gasteiger partial charge in [-0.2, -0.15) is 11.8 Å². The third kappa shape index (κ3) is 5.55. The van der Waals surface area contributed by atoms with Gasteiger partial charge in [-0.3, -0.25) is 19.5 Å². The number of hydrogen-bond donors (Lipinski definition) is 5. The van der Waals surface area contributed by atoms with Crippen LogP contribution in [0.25, 0.3) is 0 Å². The van der Waals surface area contributed by atoms with Crippen molar-refractivity contribution >= 4 is 75.1 Å². The first-order valence-corrected chi connectivity index (χ1v) is 14.1. The van der Waals surface area contributed by atoms with E-state index in [4.69, 9.17) is 23.1 Å². The predicted molar refractivity (Wildman–Crippen MR) is 142 cm³/mol. The van der Waals surface area contributed by atoms with Crippen LogP contribution in [0.15, 0.2) is 39.0 Å². The van der Waals surface area contributed by atoms with Gasteiger partial charge in [0.1, 0.15) is 21.8 Å². The molecule has 1 fully saturated rings. The molecule has 2 aliphatic rings. The molecule has 0 bridgehead atoms. The maximum atomic E-state index is 13.0. The van der Waals surface area contributed by atoms with Crippen LogP contribution < -0.4 is 16.8 Å². The molecule has 0 radical (unpaired) electrons. The molecular weight excluding hydrogens is 562 g/mol. The van der Waals surface area contributed by atoms with Gasteiger partial charge in [0.15, 0.2) is 10.8 Å². The number of carboxylic acids is 1. The fourth-order valence-corrected chi connectivity index (χ4v) is 6.92. The van der Waals surface area contributed by atoms with E-state index in [1.165, 1.54) is 16.7 Å². The molecule has 2 aromatic heterocycles. The van der Waals surface area contributed by atoms with Crippen molar-refractivity contribution in [3.63, 3.8) is 0 Å². The summed E-state index contributed by atoms with van der Waals surface area (Å²) in [5, 5.41) is 24.9. The van der Waals surface area contributed by atoms with Crippen molar-refractivity contribution < 1.29 is 24.7 Å². The van der Waals surface area contributed by atoms with Crippen molar-refractivity contribution in [2.24, 2.45) is 10.9 Å². The molecule has 0 unspecified atom stereocenters. The third-order valence-corrected chi connectivity index (χ3v) is 8.93. The molecule has 0 aromatic carbocycles. The van der Waals surface area contributed by atoms with Crippen molar-refractivity contribution in [3.8, 4) is 0 Å². The summed E-state index contributed by atoms with van der Waals surface area (Å²) in [7, 11) is 0. The lowest BCUT2D eigenvalue weighted by Crippen LogP contribution is -2.72. The first kappa shape index (κ1) is 27.2. The Balaban J connectivity index is 1.52. The number of nitrogens with one attached hydrogen (secondary N) is 1. The average Bonchev–Trinajstić information content (AvgIpc) is 3.20. The summed E-state index contributed by atoms with van der Waals surface area (Å²) in [5.41, 5.74) is 11.2. The van der Waals surface area contributed by atoms with Crippen molar-refractivity contribution in [2.75, 3.05) is 18.0 Å². The second kappa shape index (κ2) is 11.7. The number of halogens is 1. The molecule has 12 nitrogen and oxygen atoms in total. The standard InChI is InChI=1S/C21H22ClN7O5S3/c22-17-14(27-21(24)37-17)15(28-34)18(30)26-13-10-3-4-12(16(20(32)33)29(10)19(13)31)36-11-2-1-6-25-9(11)8-35-7-5-23/h1-2,6,10,13,34H,3-5,7-8,23H2,(H2,24,27)(H,26,30)(H,32,33)/b28-15-/t10-,13+/m1/s1. The van der Waals surface area contributed by atoms with Crippen LogP contribution in [-0.2, 0) is 20.1 Å². The Hall–Kier alpha value is -2.85. The number of carboxylic acid groups (broad SMARTS) is 1. The van der Waals surface area contributed by atoms with Crippen LogP contribution in [0.5, 0.6) is 0 Å². The Kier molecular flexibility index (Phi) is 8.59. The average molecular weight is 584 g/mol. The molecule has 2 aromatic rings. The van der Waals surface area contributed by atoms with Gasteiger partial charge >= 0.3 is 5.97 Å². The molecule has 2 atom stereocenters. The number of nitrogen functional groups attached to an aromatic ring is 1. The van der Waals surface area contributed by atoms with E-state index in [1.54, 1.807) is 24.0 Å². The fourth-order valence-electron chi connectivity index (χ4n) is 4.01. The molecule has 2 aliphatic heterocycles. The van der Waals surface area contributed by atoms with E-state index in [2.05, 4.69) is 20.4 Å². The molecule has 1 saturated heterocycles. The van der Waals surface area contributed by atoms with Gasteiger partial charge in [0.25, 0.3) is 11.8 Å². The Bertz CT molecular complexity index is 1300. The normalized spacial score (nSPS) is 19.5. The van der Waals surface area contributed by atoms with Gasteiger partial charge in [-0.05, 0) is 25.0 Å². The number of thiazole rings is 1. The smallest absolute Gasteiger partial charge is 0.353 e. The summed E-state index contributed by atoms with van der Waals surface area (Å²) < 4.78 is 0.0497. The quantitative estimate of drug-likeness (QED) is 0.0897. The lowest BCUT2D eigenvalue weighted by molar-refractivity contribution is -0.155. The molecule has 4 heterocycles. The van der Waals surface area contributed by atoms with E-state index in [-0.39, 0.29) is 20.9 Å². The van der Waals surface area contributed by atoms with E-state index in [0.29, 0.717) is 30.0 Å². The minimum atomic E-state index is -1.24. The highest BCUT2D eigenvalue weighted by molar-refractivity contribution is 8.03. The Morgan fingerprint density at radius 1 is 1.41 bits per heavy atom. The highest BCUT2D eigenvalue weighted by Crippen LogP contribution is 2.44. The van der Waals surface area contributed by atoms with E-state index in [9.17, 15) is 24.7 Å². The van der Waals surface area contributed by atoms with Crippen LogP contribution in [0.1, 0.15) is 24.2 Å². The minimum Gasteiger partial charge on any atom is -0.477 e. The largest absolute Gasteiger partial charge is 0.477 e. The van der Waals surface area contributed by atoms with Crippen LogP contribution in [-0.4, -0.2) is 73.1 Å². The summed E-state index contributed by atoms with van der Waals surface area (Å²) in [4.78, 5) is 48.8. The highest BCUT2D eigenvalue weighted by atomic mass is 35.5. The number of oxime groups is 1. The molecule has 4 rings (SSSR count). The zero-order chi connectivity index (χ0) is 26.7. The maximum Gasteiger partial charge on any atom is 0.353 e. The number of amides is 2. The number of pyridine rings is 1. The summed E-state index contributed by atoms with van der Waals surface area (Å²) in [6.45, 7) is 0.543. The van der Waals surface area contributed by atoms with Crippen molar-refractivity contribution in [1.29, 1.82) is 0 Å². The zero-order valence-corrected chi connectivity index (χ0v) is 22.3. The number of fused-ring (bicyclic) bond motifs is 1. The molecule has 0 aliphatic carbocycles. The van der Waals surface area contributed by atoms with E-state index < -0.39 is 35.6 Å². The van der Waals surface area contributed by atoms with Gasteiger partial charge in [-0.25, -0.2) is 9.78 Å². The zero-order valence-electron chi connectivity index (χ0n) is 19.1. The van der Waals surface area contributed by atoms with Crippen LogP contribution in [0.3, 0.4) is 0 Å². The van der Waals surface area contributed by atoms with E-state index in [0.717, 1.165) is 27.7 Å². The topological polar surface area (TPSA) is 197 Å². The lowest BCUT2D eigenvalue weighted by Gasteiger charge is -2.50. The van der Waals surface area contributed by atoms with Crippen molar-refractivity contribution in [2.45, 2.75) is 35.6 Å². The number of anilines is 1. The van der Waals surface area contributed by atoms with Gasteiger partial charge in [0.2, 0.25) is 0 Å². The fraction of sp³-hybridized carbons (Fsp3) is 0.333. The third-order valence-electron chi connectivity index (χ3n) is 5.61. The summed E-state index contributed by atoms with van der Waals surface area (Å²) >= 11 is 9.82. The number of aromatic nitrogens is 2. The first-order chi connectivity index (χ1) is 17.8. The number of nitrogens with zero attached hydrogens (tertiary/aromatic N) is 4. The number of carbonyl (C=O) groups is 3. The number of hydrogen-bond acceptors (Lipinski definition) is 12. The maximum absolute atomic E-state index is 13.0. The number of thioether (sulfide) groups is 2. The number of aliphatic carboxylic acids is 1. The summed E-state index contributed by atoms with van der Waals surface area (Å²) in [6, 6.07) is 2.06. The number of rotatable bonds is 10. The Morgan fingerprint density at radius 2 is 2.19 bits per heavy atom. The number of β-lactam (4-membered cyclic amide) rings is 1. The van der Waals surface area contributed by atoms with Gasteiger partial charge < -0.3 is 27.1 Å². The Morgan fingerprint density at radius 3 is 2.84 bits per heavy atom. The number of carbonyl (C=O) groups excluding carboxylic acids is 2. The second-order valence-electron chi connectivity index (χ2n) is 7.86. The van der Waals surface area contributed by atoms with Crippen LogP contribution in [0.4, 0.5) is 5.13 Å². The summed E-state index contributed by atoms with van der Waals surface area (Å²) in [5.74, 6) is -1.32. The van der Waals surface area contributed by atoms with E-state index in [1.807, 2.05) is 6.07 Å². The monoisotopic (exact) mass is 583 g/mol. The molecule has 196 valence electrons. The van der Waals surface area contributed by atoms with Crippen molar-refractivity contribution in [1.82, 2.24) is 20.2 Å². The van der Waals surface area contributed by atoms with Crippen molar-refractivity contribution in [3.05, 3.63) is 44.7 Å². The molecule has 2 amide bonds. The molecule has 0 saturated carbocycles. The first-order valence-electron chi connectivity index (χ1n) is 10.9. The highest BCUT2D eigenvalue weighted by Gasteiger charge is 2.54. The SMILES string of the molecule is NCCSCc1ncccc1SC1=C(C(=O)O)N2C(=O)[C@@H](NC(=O)/C(=N\O)c3nc(N)sc3Cl)[C@H]2CC1. The predicted octanol–water partition coefficient (Wildman–Crippen LogP) is 1.72. The van der Waals surface area contributed by atoms with Crippen LogP contribution in [0.2, 0.25) is 4.34 Å². The molecule has 37 heavy (non-hydrogen) atoms. The van der Waals surface area contributed by atoms with Gasteiger partial charge in [-0.1, -0.05) is 39.9 Å². The number of nitrogens with two attached hydrogens (primary N) is 2.